The summed E-state index contributed by atoms with van der Waals surface area (Å²) in [5.74, 6) is -2.24. The average Bonchev–Trinajstić information content (AvgIpc) is 3.78. The fraction of sp³-hybridized carbons (Fsp3) is 0.314. The summed E-state index contributed by atoms with van der Waals surface area (Å²) in [4.78, 5) is 40.9. The van der Waals surface area contributed by atoms with Gasteiger partial charge in [-0.1, -0.05) is 32.0 Å². The molecule has 3 aromatic heterocycles. The topological polar surface area (TPSA) is 213 Å². The van der Waals surface area contributed by atoms with Gasteiger partial charge in [0.05, 0.1) is 48.9 Å². The minimum absolute atomic E-state index is 0.0605. The van der Waals surface area contributed by atoms with Crippen molar-refractivity contribution in [3.63, 3.8) is 0 Å². The van der Waals surface area contributed by atoms with Crippen molar-refractivity contribution >= 4 is 31.9 Å². The fourth-order valence-corrected chi connectivity index (χ4v) is 11.2. The lowest BCUT2D eigenvalue weighted by atomic mass is 9.88. The highest BCUT2D eigenvalue weighted by Gasteiger charge is 2.30. The van der Waals surface area contributed by atoms with Crippen molar-refractivity contribution in [2.75, 3.05) is 19.8 Å². The Kier molecular flexibility index (Phi) is 12.8. The van der Waals surface area contributed by atoms with Gasteiger partial charge in [0.25, 0.3) is 20.0 Å². The van der Waals surface area contributed by atoms with Crippen LogP contribution >= 0.6 is 0 Å². The quantitative estimate of drug-likeness (QED) is 0.163. The van der Waals surface area contributed by atoms with E-state index in [0.717, 1.165) is 24.0 Å². The molecule has 1 aliphatic carbocycles. The van der Waals surface area contributed by atoms with E-state index < -0.39 is 54.6 Å². The molecule has 2 aliphatic heterocycles. The summed E-state index contributed by atoms with van der Waals surface area (Å²) in [7, 11) is -9.05. The first-order valence-corrected chi connectivity index (χ1v) is 25.6. The number of aliphatic hydroxyl groups is 1. The second-order valence-electron chi connectivity index (χ2n) is 18.2. The summed E-state index contributed by atoms with van der Waals surface area (Å²) < 4.78 is 94.1. The number of nitrogens with one attached hydrogen (secondary N) is 2. The first-order valence-electron chi connectivity index (χ1n) is 22.6. The number of benzene rings is 3. The maximum atomic E-state index is 15.1. The fourth-order valence-electron chi connectivity index (χ4n) is 9.11. The van der Waals surface area contributed by atoms with Gasteiger partial charge in [0.1, 0.15) is 10.7 Å². The lowest BCUT2D eigenvalue weighted by molar-refractivity contribution is -0.119. The molecule has 6 bridgehead atoms. The second kappa shape index (κ2) is 18.6. The Hall–Kier alpha value is -6.76. The third-order valence-corrected chi connectivity index (χ3v) is 15.2. The number of fused-ring (bicyclic) bond motifs is 13. The molecule has 3 aromatic carbocycles. The molecule has 0 saturated heterocycles. The molecule has 18 heteroatoms. The van der Waals surface area contributed by atoms with Crippen molar-refractivity contribution in [2.45, 2.75) is 94.0 Å². The average molecular weight is 976 g/mol. The summed E-state index contributed by atoms with van der Waals surface area (Å²) in [5, 5.41) is 10.9. The first-order chi connectivity index (χ1) is 32.8. The number of aromatic nitrogens is 3. The number of hydrogen-bond acceptors (Lipinski definition) is 13. The van der Waals surface area contributed by atoms with E-state index in [9.17, 15) is 31.5 Å². The van der Waals surface area contributed by atoms with E-state index in [1.165, 1.54) is 48.8 Å². The number of pyridine rings is 3. The maximum Gasteiger partial charge on any atom is 0.269 e. The van der Waals surface area contributed by atoms with Crippen LogP contribution < -0.4 is 23.7 Å². The van der Waals surface area contributed by atoms with Crippen LogP contribution in [0.2, 0.25) is 0 Å². The predicted octanol–water partition coefficient (Wildman–Crippen LogP) is 7.04. The molecule has 0 spiro atoms. The monoisotopic (exact) mass is 975 g/mol. The third-order valence-electron chi connectivity index (χ3n) is 12.5. The Balaban J connectivity index is 1.13. The molecule has 358 valence electrons. The van der Waals surface area contributed by atoms with Crippen LogP contribution in [0.25, 0.3) is 33.5 Å². The standard InChI is InChI=1S/C51H50FN5O10S2/c1-29(2)38-23-34(52)24-39-32-13-15-53-48(21-32)65-16-6-17-67-50-45(69(63,64)57-47(59)26-41(38)39)12-11-44(55-50)43-28-54-49-27-42(43)37-10-9-31-7-5-8-36(31)40(37)25-46(58)56-68(61,62)35-20-30(14-18-66-49)19-33(22-35)51(3,4)60/h9-13,15,19-24,27-29,60H,5-8,14,16-18,25-26H2,1-4H3,(H,56,58)(H,57,59). The molecule has 0 unspecified atom stereocenters. The number of amides is 2. The molecular weight excluding hydrogens is 926 g/mol. The van der Waals surface area contributed by atoms with Gasteiger partial charge in [-0.05, 0) is 143 Å². The second-order valence-corrected chi connectivity index (χ2v) is 21.5. The van der Waals surface area contributed by atoms with Crippen LogP contribution in [0.3, 0.4) is 0 Å². The largest absolute Gasteiger partial charge is 0.478 e. The van der Waals surface area contributed by atoms with E-state index in [1.807, 2.05) is 26.0 Å². The van der Waals surface area contributed by atoms with Crippen LogP contribution in [0.15, 0.2) is 95.0 Å². The summed E-state index contributed by atoms with van der Waals surface area (Å²) in [5.41, 5.74) is 5.62. The van der Waals surface area contributed by atoms with E-state index in [1.54, 1.807) is 38.1 Å². The van der Waals surface area contributed by atoms with Crippen molar-refractivity contribution in [3.05, 3.63) is 130 Å². The Morgan fingerprint density at radius 2 is 1.43 bits per heavy atom. The number of nitrogens with zero attached hydrogens (tertiary/aromatic N) is 3. The molecule has 3 aliphatic rings. The lowest BCUT2D eigenvalue weighted by Gasteiger charge is -2.20. The summed E-state index contributed by atoms with van der Waals surface area (Å²) >= 11 is 0. The third kappa shape index (κ3) is 10.0. The predicted molar refractivity (Wildman–Crippen MR) is 253 cm³/mol. The molecule has 9 rings (SSSR count). The van der Waals surface area contributed by atoms with Gasteiger partial charge in [0.15, 0.2) is 0 Å². The van der Waals surface area contributed by atoms with Crippen LogP contribution in [-0.4, -0.2) is 68.5 Å². The van der Waals surface area contributed by atoms with Crippen LogP contribution in [0.4, 0.5) is 4.39 Å². The summed E-state index contributed by atoms with van der Waals surface area (Å²) in [6.07, 6.45) is 5.01. The van der Waals surface area contributed by atoms with Gasteiger partial charge in [-0.2, -0.15) is 0 Å². The van der Waals surface area contributed by atoms with Gasteiger partial charge in [-0.3, -0.25) is 9.59 Å². The van der Waals surface area contributed by atoms with Crippen molar-refractivity contribution in [1.82, 2.24) is 24.4 Å². The van der Waals surface area contributed by atoms with E-state index in [2.05, 4.69) is 19.4 Å². The smallest absolute Gasteiger partial charge is 0.269 e. The summed E-state index contributed by atoms with van der Waals surface area (Å²) in [6.45, 7) is 6.89. The summed E-state index contributed by atoms with van der Waals surface area (Å²) in [6, 6.07) is 18.7. The highest BCUT2D eigenvalue weighted by Crippen LogP contribution is 2.41. The van der Waals surface area contributed by atoms with Crippen LogP contribution in [0.5, 0.6) is 17.6 Å². The molecule has 0 saturated carbocycles. The Morgan fingerprint density at radius 1 is 0.696 bits per heavy atom. The zero-order valence-electron chi connectivity index (χ0n) is 38.4. The molecule has 0 fully saturated rings. The van der Waals surface area contributed by atoms with Crippen molar-refractivity contribution in [3.8, 4) is 51.2 Å². The normalized spacial score (nSPS) is 16.9. The molecule has 69 heavy (non-hydrogen) atoms. The van der Waals surface area contributed by atoms with E-state index in [4.69, 9.17) is 19.2 Å². The number of hydrogen-bond donors (Lipinski definition) is 3. The molecule has 3 N–H and O–H groups in total. The highest BCUT2D eigenvalue weighted by atomic mass is 32.2. The van der Waals surface area contributed by atoms with Crippen molar-refractivity contribution < 1.29 is 50.1 Å². The van der Waals surface area contributed by atoms with Crippen LogP contribution in [0.1, 0.15) is 85.4 Å². The molecule has 0 atom stereocenters. The highest BCUT2D eigenvalue weighted by molar-refractivity contribution is 7.90. The van der Waals surface area contributed by atoms with Crippen molar-refractivity contribution in [1.29, 1.82) is 0 Å². The van der Waals surface area contributed by atoms with Crippen molar-refractivity contribution in [2.24, 2.45) is 0 Å². The number of carbonyl (C=O) groups is 2. The maximum absolute atomic E-state index is 15.1. The van der Waals surface area contributed by atoms with Crippen LogP contribution in [0, 0.1) is 5.82 Å². The Bertz CT molecular complexity index is 3280. The number of rotatable bonds is 3. The molecule has 6 aromatic rings. The van der Waals surface area contributed by atoms with Gasteiger partial charge in [-0.25, -0.2) is 45.6 Å². The number of carbonyl (C=O) groups excluding carboxylic acids is 2. The molecule has 2 amide bonds. The van der Waals surface area contributed by atoms with E-state index >= 15 is 4.39 Å². The molecular formula is C51H50FN5O10S2. The van der Waals surface area contributed by atoms with Crippen LogP contribution in [-0.2, 0) is 67.3 Å². The lowest BCUT2D eigenvalue weighted by Crippen LogP contribution is -2.32. The molecule has 5 heterocycles. The first kappa shape index (κ1) is 47.3. The molecule has 15 nitrogen and oxygen atoms in total. The number of aryl methyl sites for hydroxylation is 1. The van der Waals surface area contributed by atoms with Gasteiger partial charge >= 0.3 is 0 Å². The zero-order valence-corrected chi connectivity index (χ0v) is 40.0. The minimum Gasteiger partial charge on any atom is -0.478 e. The van der Waals surface area contributed by atoms with Gasteiger partial charge in [-0.15, -0.1) is 0 Å². The van der Waals surface area contributed by atoms with Gasteiger partial charge in [0.2, 0.25) is 29.5 Å². The number of ether oxygens (including phenoxy) is 3. The SMILES string of the molecule is CC(C)c1cc(F)cc2c1CC(=O)NS(=O)(=O)c1ccc(-c3cnc4cc3-c3ccc5c(c3CC(=O)NS(=O)(=O)c3cc(cc(C(C)(C)O)c3)CCO4)CCC5)nc1OCCCOc1cc-2ccn1. The van der Waals surface area contributed by atoms with E-state index in [-0.39, 0.29) is 73.2 Å². The molecule has 0 radical (unpaired) electrons. The number of sulfonamides is 2. The van der Waals surface area contributed by atoms with Gasteiger partial charge in [0, 0.05) is 42.9 Å². The number of halogens is 1. The van der Waals surface area contributed by atoms with E-state index in [0.29, 0.717) is 62.1 Å². The Morgan fingerprint density at radius 3 is 2.22 bits per heavy atom. The minimum atomic E-state index is -4.65. The zero-order chi connectivity index (χ0) is 48.8. The Labute approximate surface area is 399 Å². The van der Waals surface area contributed by atoms with Gasteiger partial charge < -0.3 is 19.3 Å².